The highest BCUT2D eigenvalue weighted by atomic mass is 32.2. The molecule has 0 aliphatic heterocycles. The van der Waals surface area contributed by atoms with E-state index in [-0.39, 0.29) is 16.5 Å². The molecule has 33 heavy (non-hydrogen) atoms. The molecule has 2 N–H and O–H groups in total. The molecule has 1 heterocycles. The largest absolute Gasteiger partial charge is 0.301 e. The number of non-ortho nitro benzene ring substituents is 1. The van der Waals surface area contributed by atoms with E-state index in [1.165, 1.54) is 41.2 Å². The Kier molecular flexibility index (Phi) is 6.60. The second-order valence-corrected chi connectivity index (χ2v) is 8.99. The summed E-state index contributed by atoms with van der Waals surface area (Å²) in [6, 6.07) is 8.71. The fourth-order valence-electron chi connectivity index (χ4n) is 2.92. The van der Waals surface area contributed by atoms with Crippen LogP contribution in [0.1, 0.15) is 19.5 Å². The first-order valence-corrected chi connectivity index (χ1v) is 11.1. The Morgan fingerprint density at radius 1 is 1.06 bits per heavy atom. The topological polar surface area (TPSA) is 189 Å². The predicted molar refractivity (Wildman–Crippen MR) is 117 cm³/mol. The molecule has 0 atom stereocenters. The maximum Gasteiger partial charge on any atom is 0.301 e. The van der Waals surface area contributed by atoms with Crippen LogP contribution in [-0.4, -0.2) is 28.0 Å². The number of hydrogen-bond acceptors (Lipinski definition) is 9. The Morgan fingerprint density at radius 2 is 1.73 bits per heavy atom. The van der Waals surface area contributed by atoms with E-state index in [1.807, 2.05) is 13.8 Å². The first-order valence-electron chi connectivity index (χ1n) is 9.52. The number of nitrogens with two attached hydrogens (primary N) is 1. The second-order valence-electron chi connectivity index (χ2n) is 7.43. The molecule has 0 unspecified atom stereocenters. The van der Waals surface area contributed by atoms with Crippen LogP contribution in [0.4, 0.5) is 22.7 Å². The van der Waals surface area contributed by atoms with Crippen molar-refractivity contribution in [1.29, 1.82) is 0 Å². The van der Waals surface area contributed by atoms with Crippen molar-refractivity contribution in [1.82, 2.24) is 9.78 Å². The van der Waals surface area contributed by atoms with Gasteiger partial charge in [0.05, 0.1) is 38.4 Å². The molecule has 3 rings (SSSR count). The summed E-state index contributed by atoms with van der Waals surface area (Å²) in [5.74, 6) is 0.184. The molecular formula is C19H19N7O6S. The predicted octanol–water partition coefficient (Wildman–Crippen LogP) is 3.95. The van der Waals surface area contributed by atoms with Crippen molar-refractivity contribution in [2.45, 2.75) is 25.2 Å². The lowest BCUT2D eigenvalue weighted by molar-refractivity contribution is -0.394. The number of benzene rings is 2. The normalized spacial score (nSPS) is 11.9. The summed E-state index contributed by atoms with van der Waals surface area (Å²) in [6.07, 6.45) is 1.93. The molecule has 0 fully saturated rings. The van der Waals surface area contributed by atoms with Crippen molar-refractivity contribution in [2.75, 3.05) is 0 Å². The van der Waals surface area contributed by atoms with E-state index in [4.69, 9.17) is 5.14 Å². The summed E-state index contributed by atoms with van der Waals surface area (Å²) in [5, 5.41) is 40.2. The molecule has 0 saturated heterocycles. The molecule has 0 bridgehead atoms. The van der Waals surface area contributed by atoms with Gasteiger partial charge in [-0.2, -0.15) is 10.2 Å². The van der Waals surface area contributed by atoms with Crippen molar-refractivity contribution in [2.24, 2.45) is 21.3 Å². The van der Waals surface area contributed by atoms with E-state index < -0.39 is 31.2 Å². The SMILES string of the molecule is CC(C)Cc1nn(-c2ccc([N+](=O)[O-])cc2[N+](=O)[O-])cc1N=Nc1ccc(S(N)(=O)=O)cc1. The number of nitrogens with zero attached hydrogens (tertiary/aromatic N) is 6. The quantitative estimate of drug-likeness (QED) is 0.291. The molecule has 0 amide bonds. The summed E-state index contributed by atoms with van der Waals surface area (Å²) in [7, 11) is -3.84. The third-order valence-electron chi connectivity index (χ3n) is 4.42. The molecule has 0 radical (unpaired) electrons. The smallest absolute Gasteiger partial charge is 0.258 e. The van der Waals surface area contributed by atoms with Gasteiger partial charge in [0, 0.05) is 6.07 Å². The van der Waals surface area contributed by atoms with Gasteiger partial charge in [0.25, 0.3) is 5.69 Å². The van der Waals surface area contributed by atoms with Crippen LogP contribution in [0.2, 0.25) is 0 Å². The first kappa shape index (κ1) is 23.6. The molecule has 2 aromatic carbocycles. The summed E-state index contributed by atoms with van der Waals surface area (Å²) in [4.78, 5) is 21.0. The van der Waals surface area contributed by atoms with Crippen molar-refractivity contribution in [3.8, 4) is 5.69 Å². The van der Waals surface area contributed by atoms with Crippen LogP contribution < -0.4 is 5.14 Å². The number of azo groups is 1. The fourth-order valence-corrected chi connectivity index (χ4v) is 3.43. The fraction of sp³-hybridized carbons (Fsp3) is 0.211. The number of primary sulfonamides is 1. The van der Waals surface area contributed by atoms with Gasteiger partial charge in [-0.3, -0.25) is 20.2 Å². The number of sulfonamides is 1. The van der Waals surface area contributed by atoms with Crippen LogP contribution in [0.25, 0.3) is 5.69 Å². The molecule has 1 aromatic heterocycles. The highest BCUT2D eigenvalue weighted by Gasteiger charge is 2.23. The van der Waals surface area contributed by atoms with Crippen molar-refractivity contribution >= 4 is 32.8 Å². The number of nitro benzene ring substituents is 2. The molecule has 13 nitrogen and oxygen atoms in total. The van der Waals surface area contributed by atoms with E-state index in [9.17, 15) is 28.6 Å². The maximum absolute atomic E-state index is 11.5. The van der Waals surface area contributed by atoms with E-state index in [1.54, 1.807) is 0 Å². The third kappa shape index (κ3) is 5.61. The van der Waals surface area contributed by atoms with Gasteiger partial charge >= 0.3 is 5.69 Å². The van der Waals surface area contributed by atoms with Gasteiger partial charge in [0.2, 0.25) is 10.0 Å². The van der Waals surface area contributed by atoms with Gasteiger partial charge in [0.1, 0.15) is 11.4 Å². The van der Waals surface area contributed by atoms with Crippen LogP contribution in [-0.2, 0) is 16.4 Å². The zero-order chi connectivity index (χ0) is 24.3. The van der Waals surface area contributed by atoms with E-state index in [2.05, 4.69) is 15.3 Å². The number of rotatable bonds is 8. The molecular weight excluding hydrogens is 454 g/mol. The summed E-state index contributed by atoms with van der Waals surface area (Å²) < 4.78 is 24.0. The molecule has 0 spiro atoms. The van der Waals surface area contributed by atoms with Crippen LogP contribution in [0, 0.1) is 26.1 Å². The maximum atomic E-state index is 11.5. The van der Waals surface area contributed by atoms with Crippen LogP contribution >= 0.6 is 0 Å². The lowest BCUT2D eigenvalue weighted by Crippen LogP contribution is -2.11. The Hall–Kier alpha value is -4.04. The minimum atomic E-state index is -3.84. The van der Waals surface area contributed by atoms with Crippen LogP contribution in [0.15, 0.2) is 63.8 Å². The van der Waals surface area contributed by atoms with Gasteiger partial charge in [-0.05, 0) is 42.7 Å². The highest BCUT2D eigenvalue weighted by molar-refractivity contribution is 7.89. The van der Waals surface area contributed by atoms with E-state index in [0.717, 1.165) is 12.1 Å². The molecule has 172 valence electrons. The van der Waals surface area contributed by atoms with Crippen molar-refractivity contribution < 1.29 is 18.3 Å². The molecule has 0 aliphatic rings. The summed E-state index contributed by atoms with van der Waals surface area (Å²) >= 11 is 0. The van der Waals surface area contributed by atoms with Gasteiger partial charge in [-0.25, -0.2) is 18.2 Å². The number of aromatic nitrogens is 2. The minimum Gasteiger partial charge on any atom is -0.258 e. The van der Waals surface area contributed by atoms with E-state index >= 15 is 0 Å². The van der Waals surface area contributed by atoms with Gasteiger partial charge in [-0.1, -0.05) is 13.8 Å². The Labute approximate surface area is 187 Å². The lowest BCUT2D eigenvalue weighted by Gasteiger charge is -2.03. The molecule has 0 saturated carbocycles. The lowest BCUT2D eigenvalue weighted by atomic mass is 10.1. The molecule has 0 aliphatic carbocycles. The Bertz CT molecular complexity index is 1350. The monoisotopic (exact) mass is 473 g/mol. The second kappa shape index (κ2) is 9.22. The summed E-state index contributed by atoms with van der Waals surface area (Å²) in [6.45, 7) is 3.92. The van der Waals surface area contributed by atoms with Gasteiger partial charge < -0.3 is 0 Å². The van der Waals surface area contributed by atoms with Gasteiger partial charge in [-0.15, -0.1) is 5.11 Å². The van der Waals surface area contributed by atoms with Crippen molar-refractivity contribution in [3.05, 3.63) is 74.6 Å². The zero-order valence-corrected chi connectivity index (χ0v) is 18.3. The van der Waals surface area contributed by atoms with Crippen LogP contribution in [0.3, 0.4) is 0 Å². The number of hydrogen-bond donors (Lipinski definition) is 1. The summed E-state index contributed by atoms with van der Waals surface area (Å²) in [5.41, 5.74) is 0.351. The Morgan fingerprint density at radius 3 is 2.27 bits per heavy atom. The van der Waals surface area contributed by atoms with Crippen molar-refractivity contribution in [3.63, 3.8) is 0 Å². The average Bonchev–Trinajstić information content (AvgIpc) is 3.13. The average molecular weight is 473 g/mol. The molecule has 14 heteroatoms. The Balaban J connectivity index is 2.02. The standard InChI is InChI=1S/C19H19N7O6S/c1-12(2)9-16-17(22-21-13-3-6-15(7-4-13)33(20,31)32)11-24(23-16)18-8-5-14(25(27)28)10-19(18)26(29)30/h3-8,10-12H,9H2,1-2H3,(H2,20,31,32). The van der Waals surface area contributed by atoms with E-state index in [0.29, 0.717) is 23.5 Å². The highest BCUT2D eigenvalue weighted by Crippen LogP contribution is 2.31. The van der Waals surface area contributed by atoms with Crippen LogP contribution in [0.5, 0.6) is 0 Å². The zero-order valence-electron chi connectivity index (χ0n) is 17.5. The van der Waals surface area contributed by atoms with Gasteiger partial charge in [0.15, 0.2) is 0 Å². The third-order valence-corrected chi connectivity index (χ3v) is 5.35. The molecule has 3 aromatic rings. The first-order chi connectivity index (χ1) is 15.5. The number of nitro groups is 2. The minimum absolute atomic E-state index is 0.0366.